The van der Waals surface area contributed by atoms with Crippen LogP contribution in [0, 0.1) is 17.3 Å². The summed E-state index contributed by atoms with van der Waals surface area (Å²) < 4.78 is 11.8. The van der Waals surface area contributed by atoms with Gasteiger partial charge in [0.1, 0.15) is 0 Å². The minimum atomic E-state index is -0.489. The topological polar surface area (TPSA) is 67.8 Å². The molecule has 1 aromatic rings. The first-order valence-corrected chi connectivity index (χ1v) is 9.34. The molecule has 0 aromatic heterocycles. The van der Waals surface area contributed by atoms with Crippen molar-refractivity contribution in [3.05, 3.63) is 42.2 Å². The number of nitrogens with one attached hydrogen (secondary N) is 1. The second-order valence-corrected chi connectivity index (χ2v) is 7.71. The highest BCUT2D eigenvalue weighted by molar-refractivity contribution is 6.02. The van der Waals surface area contributed by atoms with Gasteiger partial charge in [0.15, 0.2) is 5.76 Å². The molecule has 2 N–H and O–H groups in total. The molecule has 1 aromatic carbocycles. The molecule has 0 fully saturated rings. The van der Waals surface area contributed by atoms with Crippen molar-refractivity contribution in [1.29, 1.82) is 0 Å². The predicted octanol–water partition coefficient (Wildman–Crippen LogP) is 3.95. The lowest BCUT2D eigenvalue weighted by molar-refractivity contribution is -0.178. The van der Waals surface area contributed by atoms with Crippen LogP contribution in [0.2, 0.25) is 0 Å². The van der Waals surface area contributed by atoms with Crippen molar-refractivity contribution in [3.8, 4) is 0 Å². The zero-order valence-electron chi connectivity index (χ0n) is 16.2. The molecular weight excluding hydrogens is 330 g/mol. The number of hydrogen-bond donors (Lipinski definition) is 2. The van der Waals surface area contributed by atoms with Crippen LogP contribution in [0.4, 0.5) is 5.69 Å². The summed E-state index contributed by atoms with van der Waals surface area (Å²) in [6.45, 7) is 9.02. The maximum atomic E-state index is 12.7. The van der Waals surface area contributed by atoms with Crippen molar-refractivity contribution in [2.75, 3.05) is 18.5 Å². The highest BCUT2D eigenvalue weighted by Crippen LogP contribution is 2.42. The lowest BCUT2D eigenvalue weighted by atomic mass is 9.70. The monoisotopic (exact) mass is 361 g/mol. The van der Waals surface area contributed by atoms with Gasteiger partial charge in [-0.25, -0.2) is 0 Å². The third-order valence-electron chi connectivity index (χ3n) is 4.67. The largest absolute Gasteiger partial charge is 0.459 e. The molecule has 2 rings (SSSR count). The van der Waals surface area contributed by atoms with E-state index in [1.165, 1.54) is 0 Å². The molecule has 1 aliphatic rings. The van der Waals surface area contributed by atoms with Crippen molar-refractivity contribution in [1.82, 2.24) is 0 Å². The number of aliphatic hydroxyl groups excluding tert-OH is 1. The molecule has 26 heavy (non-hydrogen) atoms. The van der Waals surface area contributed by atoms with Crippen LogP contribution in [0.3, 0.4) is 0 Å². The van der Waals surface area contributed by atoms with E-state index >= 15 is 0 Å². The summed E-state index contributed by atoms with van der Waals surface area (Å²) in [5.74, 6) is 0.231. The van der Waals surface area contributed by atoms with Crippen molar-refractivity contribution < 1.29 is 19.4 Å². The molecule has 0 unspecified atom stereocenters. The van der Waals surface area contributed by atoms with Crippen molar-refractivity contribution in [3.63, 3.8) is 0 Å². The molecule has 0 saturated heterocycles. The number of carbonyl (C=O) groups is 1. The number of benzene rings is 1. The summed E-state index contributed by atoms with van der Waals surface area (Å²) in [7, 11) is 0. The number of amides is 1. The third-order valence-corrected chi connectivity index (χ3v) is 4.67. The minimum Gasteiger partial charge on any atom is -0.459 e. The normalized spacial score (nSPS) is 23.1. The molecule has 0 saturated carbocycles. The SMILES string of the molecule is CCO[C@@H]1OC(C(=O)Nc2ccccc2)=C[C@H](C(C)(C)C)[C@H]1CCCO. The van der Waals surface area contributed by atoms with Gasteiger partial charge in [-0.2, -0.15) is 0 Å². The first kappa shape index (κ1) is 20.5. The van der Waals surface area contributed by atoms with Crippen LogP contribution in [0.15, 0.2) is 42.2 Å². The van der Waals surface area contributed by atoms with Crippen LogP contribution in [0.25, 0.3) is 0 Å². The molecule has 3 atom stereocenters. The predicted molar refractivity (Wildman–Crippen MR) is 102 cm³/mol. The zero-order chi connectivity index (χ0) is 19.2. The molecule has 0 bridgehead atoms. The number of ether oxygens (including phenoxy) is 2. The fourth-order valence-corrected chi connectivity index (χ4v) is 3.41. The van der Waals surface area contributed by atoms with E-state index in [0.29, 0.717) is 18.8 Å². The summed E-state index contributed by atoms with van der Waals surface area (Å²) in [5, 5.41) is 12.1. The Bertz CT molecular complexity index is 606. The van der Waals surface area contributed by atoms with E-state index in [9.17, 15) is 9.90 Å². The summed E-state index contributed by atoms with van der Waals surface area (Å²) in [4.78, 5) is 12.7. The molecule has 1 heterocycles. The van der Waals surface area contributed by atoms with Crippen LogP contribution in [-0.4, -0.2) is 30.5 Å². The summed E-state index contributed by atoms with van der Waals surface area (Å²) in [6, 6.07) is 9.33. The Labute approximate surface area is 156 Å². The molecule has 1 amide bonds. The van der Waals surface area contributed by atoms with Crippen LogP contribution in [0.5, 0.6) is 0 Å². The highest BCUT2D eigenvalue weighted by atomic mass is 16.7. The van der Waals surface area contributed by atoms with Crippen LogP contribution < -0.4 is 5.32 Å². The molecule has 0 radical (unpaired) electrons. The van der Waals surface area contributed by atoms with Gasteiger partial charge in [-0.05, 0) is 49.3 Å². The first-order chi connectivity index (χ1) is 12.4. The maximum Gasteiger partial charge on any atom is 0.290 e. The van der Waals surface area contributed by atoms with E-state index in [2.05, 4.69) is 26.1 Å². The number of aliphatic hydroxyl groups is 1. The quantitative estimate of drug-likeness (QED) is 0.771. The number of carbonyl (C=O) groups excluding carboxylic acids is 1. The van der Waals surface area contributed by atoms with E-state index < -0.39 is 6.29 Å². The van der Waals surface area contributed by atoms with Crippen LogP contribution in [-0.2, 0) is 14.3 Å². The van der Waals surface area contributed by atoms with Gasteiger partial charge in [0.25, 0.3) is 5.91 Å². The van der Waals surface area contributed by atoms with Crippen molar-refractivity contribution >= 4 is 11.6 Å². The van der Waals surface area contributed by atoms with E-state index in [4.69, 9.17) is 9.47 Å². The number of para-hydroxylation sites is 1. The average Bonchev–Trinajstić information content (AvgIpc) is 2.60. The van der Waals surface area contributed by atoms with Gasteiger partial charge in [-0.3, -0.25) is 4.79 Å². The Balaban J connectivity index is 2.27. The van der Waals surface area contributed by atoms with Crippen LogP contribution in [0.1, 0.15) is 40.5 Å². The van der Waals surface area contributed by atoms with E-state index in [0.717, 1.165) is 12.1 Å². The van der Waals surface area contributed by atoms with Gasteiger partial charge in [-0.15, -0.1) is 0 Å². The number of allylic oxidation sites excluding steroid dienone is 1. The summed E-state index contributed by atoms with van der Waals surface area (Å²) in [5.41, 5.74) is 0.669. The van der Waals surface area contributed by atoms with E-state index in [-0.39, 0.29) is 29.8 Å². The first-order valence-electron chi connectivity index (χ1n) is 9.34. The van der Waals surface area contributed by atoms with E-state index in [1.807, 2.05) is 43.3 Å². The Morgan fingerprint density at radius 2 is 1.96 bits per heavy atom. The average molecular weight is 361 g/mol. The molecule has 5 nitrogen and oxygen atoms in total. The Kier molecular flexibility index (Phi) is 7.23. The fraction of sp³-hybridized carbons (Fsp3) is 0.571. The van der Waals surface area contributed by atoms with Crippen molar-refractivity contribution in [2.45, 2.75) is 46.8 Å². The van der Waals surface area contributed by atoms with Crippen molar-refractivity contribution in [2.24, 2.45) is 17.3 Å². The molecule has 1 aliphatic heterocycles. The fourth-order valence-electron chi connectivity index (χ4n) is 3.41. The lowest BCUT2D eigenvalue weighted by Gasteiger charge is -2.42. The highest BCUT2D eigenvalue weighted by Gasteiger charge is 2.42. The zero-order valence-corrected chi connectivity index (χ0v) is 16.2. The van der Waals surface area contributed by atoms with E-state index in [1.54, 1.807) is 0 Å². The Morgan fingerprint density at radius 3 is 2.54 bits per heavy atom. The van der Waals surface area contributed by atoms with Gasteiger partial charge in [0, 0.05) is 24.8 Å². The number of rotatable bonds is 7. The minimum absolute atomic E-state index is 0.0580. The van der Waals surface area contributed by atoms with Gasteiger partial charge < -0.3 is 19.9 Å². The molecular formula is C21H31NO4. The summed E-state index contributed by atoms with van der Waals surface area (Å²) in [6.07, 6.45) is 2.91. The van der Waals surface area contributed by atoms with Gasteiger partial charge in [-0.1, -0.05) is 39.0 Å². The number of anilines is 1. The Hall–Kier alpha value is -1.85. The van der Waals surface area contributed by atoms with Gasteiger partial charge in [0.2, 0.25) is 6.29 Å². The molecule has 5 heteroatoms. The standard InChI is InChI=1S/C21H31NO4/c1-5-25-20-16(12-9-13-23)17(21(2,3)4)14-18(26-20)19(24)22-15-10-7-6-8-11-15/h6-8,10-11,14,16-17,20,23H,5,9,12-13H2,1-4H3,(H,22,24)/t16-,17+,20-/m1/s1. The number of hydrogen-bond acceptors (Lipinski definition) is 4. The third kappa shape index (κ3) is 5.32. The van der Waals surface area contributed by atoms with Gasteiger partial charge >= 0.3 is 0 Å². The smallest absolute Gasteiger partial charge is 0.290 e. The maximum absolute atomic E-state index is 12.7. The molecule has 144 valence electrons. The second-order valence-electron chi connectivity index (χ2n) is 7.71. The molecule has 0 aliphatic carbocycles. The molecule has 0 spiro atoms. The second kappa shape index (κ2) is 9.19. The Morgan fingerprint density at radius 1 is 1.27 bits per heavy atom. The van der Waals surface area contributed by atoms with Gasteiger partial charge in [0.05, 0.1) is 0 Å². The lowest BCUT2D eigenvalue weighted by Crippen LogP contribution is -2.42. The van der Waals surface area contributed by atoms with Crippen LogP contribution >= 0.6 is 0 Å². The summed E-state index contributed by atoms with van der Waals surface area (Å²) >= 11 is 0.